The van der Waals surface area contributed by atoms with Gasteiger partial charge in [0.05, 0.1) is 0 Å². The zero-order valence-electron chi connectivity index (χ0n) is 9.82. The second-order valence-electron chi connectivity index (χ2n) is 3.25. The van der Waals surface area contributed by atoms with Gasteiger partial charge in [-0.3, -0.25) is 0 Å². The van der Waals surface area contributed by atoms with E-state index in [2.05, 4.69) is 0 Å². The van der Waals surface area contributed by atoms with E-state index in [0.717, 1.165) is 0 Å². The van der Waals surface area contributed by atoms with Crippen LogP contribution in [0.4, 0.5) is 9.59 Å². The molecule has 1 heterocycles. The van der Waals surface area contributed by atoms with E-state index in [9.17, 15) is 4.79 Å². The molecule has 0 spiro atoms. The number of carboxylic acid groups (broad SMARTS) is 2. The van der Waals surface area contributed by atoms with Crippen LogP contribution in [0.3, 0.4) is 0 Å². The molecule has 1 aromatic heterocycles. The van der Waals surface area contributed by atoms with Gasteiger partial charge < -0.3 is 19.8 Å². The molecule has 0 aliphatic heterocycles. The first kappa shape index (κ1) is 14.7. The summed E-state index contributed by atoms with van der Waals surface area (Å²) < 4.78 is 6.84. The number of pyridine rings is 1. The number of amides is 1. The quantitative estimate of drug-likeness (QED) is 0.712. The number of carbonyl (C=O) groups excluding carboxylic acids is 1. The molecule has 0 aromatic carbocycles. The molecule has 0 radical (unpaired) electrons. The molecule has 7 heteroatoms. The molecule has 0 bridgehead atoms. The van der Waals surface area contributed by atoms with E-state index >= 15 is 0 Å². The van der Waals surface area contributed by atoms with E-state index in [1.807, 2.05) is 23.9 Å². The smallest absolute Gasteiger partial charge is 0.450 e. The van der Waals surface area contributed by atoms with Crippen LogP contribution in [0.15, 0.2) is 24.5 Å². The number of ether oxygens (including phenoxy) is 1. The summed E-state index contributed by atoms with van der Waals surface area (Å²) in [5.41, 5.74) is 0. The molecule has 0 aliphatic carbocycles. The molecule has 1 rings (SSSR count). The number of nitrogens with zero attached hydrogens (tertiary/aromatic N) is 2. The molecule has 0 fully saturated rings. The lowest BCUT2D eigenvalue weighted by atomic mass is 10.4. The minimum Gasteiger partial charge on any atom is -0.450 e. The van der Waals surface area contributed by atoms with Crippen LogP contribution >= 0.6 is 0 Å². The summed E-state index contributed by atoms with van der Waals surface area (Å²) in [6.07, 6.45) is 1.40. The van der Waals surface area contributed by atoms with Crippen molar-refractivity contribution in [1.82, 2.24) is 4.90 Å². The first-order chi connectivity index (χ1) is 7.82. The Hall–Kier alpha value is -2.31. The lowest BCUT2D eigenvalue weighted by molar-refractivity contribution is -0.671. The molecular weight excluding hydrogens is 228 g/mol. The highest BCUT2D eigenvalue weighted by Gasteiger charge is 2.08. The highest BCUT2D eigenvalue weighted by molar-refractivity contribution is 5.69. The number of aromatic nitrogens is 1. The highest BCUT2D eigenvalue weighted by atomic mass is 16.6. The highest BCUT2D eigenvalue weighted by Crippen LogP contribution is 2.05. The molecule has 1 amide bonds. The van der Waals surface area contributed by atoms with Crippen LogP contribution in [-0.4, -0.2) is 41.5 Å². The molecule has 0 saturated carbocycles. The minimum absolute atomic E-state index is 0.369. The predicted molar refractivity (Wildman–Crippen MR) is 58.0 cm³/mol. The van der Waals surface area contributed by atoms with E-state index in [0.29, 0.717) is 5.75 Å². The average molecular weight is 243 g/mol. The molecule has 1 aromatic rings. The minimum atomic E-state index is -1.83. The fraction of sp³-hybridized carbons (Fsp3) is 0.300. The molecule has 2 N–H and O–H groups in total. The van der Waals surface area contributed by atoms with Gasteiger partial charge in [0.2, 0.25) is 6.20 Å². The van der Waals surface area contributed by atoms with Gasteiger partial charge in [-0.1, -0.05) is 0 Å². The Kier molecular flexibility index (Phi) is 6.09. The third-order valence-corrected chi connectivity index (χ3v) is 1.48. The SMILES string of the molecule is CN(C)C(=O)Oc1ccc[n+](C)c1.O=C(O)O. The summed E-state index contributed by atoms with van der Waals surface area (Å²) in [5, 5.41) is 13.9. The van der Waals surface area contributed by atoms with Gasteiger partial charge in [-0.15, -0.1) is 0 Å². The van der Waals surface area contributed by atoms with Crippen LogP contribution < -0.4 is 9.30 Å². The number of hydrogen-bond acceptors (Lipinski definition) is 3. The van der Waals surface area contributed by atoms with E-state index < -0.39 is 6.16 Å². The maximum atomic E-state index is 11.1. The molecule has 0 saturated heterocycles. The van der Waals surface area contributed by atoms with Crippen molar-refractivity contribution in [2.75, 3.05) is 14.1 Å². The number of hydrogen-bond donors (Lipinski definition) is 2. The third-order valence-electron chi connectivity index (χ3n) is 1.48. The number of aryl methyl sites for hydroxylation is 1. The molecule has 0 aliphatic rings. The maximum Gasteiger partial charge on any atom is 0.503 e. The van der Waals surface area contributed by atoms with E-state index in [1.165, 1.54) is 4.90 Å². The molecular formula is C10H15N2O5+. The largest absolute Gasteiger partial charge is 0.503 e. The Labute approximate surface area is 98.5 Å². The Balaban J connectivity index is 0.000000557. The molecule has 0 atom stereocenters. The Bertz CT molecular complexity index is 388. The third kappa shape index (κ3) is 7.60. The molecule has 0 unspecified atom stereocenters. The van der Waals surface area contributed by atoms with Crippen LogP contribution in [0.5, 0.6) is 5.75 Å². The Morgan fingerprint density at radius 2 is 1.88 bits per heavy atom. The van der Waals surface area contributed by atoms with Crippen molar-refractivity contribution in [3.05, 3.63) is 24.5 Å². The van der Waals surface area contributed by atoms with Crippen molar-refractivity contribution in [2.45, 2.75) is 0 Å². The first-order valence-corrected chi connectivity index (χ1v) is 4.59. The van der Waals surface area contributed by atoms with Gasteiger partial charge in [-0.05, 0) is 6.07 Å². The van der Waals surface area contributed by atoms with E-state index in [-0.39, 0.29) is 6.09 Å². The van der Waals surface area contributed by atoms with Crippen molar-refractivity contribution >= 4 is 12.2 Å². The number of rotatable bonds is 1. The zero-order valence-corrected chi connectivity index (χ0v) is 9.82. The van der Waals surface area contributed by atoms with Crippen LogP contribution in [0.1, 0.15) is 0 Å². The van der Waals surface area contributed by atoms with Crippen LogP contribution in [0.2, 0.25) is 0 Å². The fourth-order valence-electron chi connectivity index (χ4n) is 0.813. The summed E-state index contributed by atoms with van der Waals surface area (Å²) in [7, 11) is 5.16. The summed E-state index contributed by atoms with van der Waals surface area (Å²) in [6, 6.07) is 3.56. The van der Waals surface area contributed by atoms with Crippen LogP contribution in [0.25, 0.3) is 0 Å². The van der Waals surface area contributed by atoms with Gasteiger partial charge in [-0.25, -0.2) is 14.2 Å². The van der Waals surface area contributed by atoms with Crippen molar-refractivity contribution in [2.24, 2.45) is 7.05 Å². The standard InChI is InChI=1S/C9H13N2O2.CH2O3/c1-10(2)9(12)13-8-5-4-6-11(3)7-8;2-1(3)4/h4-7H,1-3H3;(H2,2,3,4)/q+1;. The van der Waals surface area contributed by atoms with Crippen LogP contribution in [0, 0.1) is 0 Å². The zero-order chi connectivity index (χ0) is 13.4. The fourth-order valence-corrected chi connectivity index (χ4v) is 0.813. The van der Waals surface area contributed by atoms with Gasteiger partial charge >= 0.3 is 12.2 Å². The molecule has 7 nitrogen and oxygen atoms in total. The maximum absolute atomic E-state index is 11.1. The van der Waals surface area contributed by atoms with E-state index in [1.54, 1.807) is 26.4 Å². The van der Waals surface area contributed by atoms with E-state index in [4.69, 9.17) is 19.7 Å². The average Bonchev–Trinajstić information content (AvgIpc) is 2.16. The lowest BCUT2D eigenvalue weighted by Crippen LogP contribution is -2.29. The number of carbonyl (C=O) groups is 2. The van der Waals surface area contributed by atoms with Crippen molar-refractivity contribution in [3.63, 3.8) is 0 Å². The lowest BCUT2D eigenvalue weighted by Gasteiger charge is -2.09. The second kappa shape index (κ2) is 7.04. The summed E-state index contributed by atoms with van der Waals surface area (Å²) >= 11 is 0. The topological polar surface area (TPSA) is 91.0 Å². The van der Waals surface area contributed by atoms with Gasteiger partial charge in [0.25, 0.3) is 0 Å². The van der Waals surface area contributed by atoms with Gasteiger partial charge in [0.15, 0.2) is 11.9 Å². The monoisotopic (exact) mass is 243 g/mol. The van der Waals surface area contributed by atoms with Gasteiger partial charge in [-0.2, -0.15) is 0 Å². The van der Waals surface area contributed by atoms with Crippen LogP contribution in [-0.2, 0) is 7.05 Å². The van der Waals surface area contributed by atoms with Crippen molar-refractivity contribution in [3.8, 4) is 5.75 Å². The summed E-state index contributed by atoms with van der Waals surface area (Å²) in [4.78, 5) is 21.1. The second-order valence-corrected chi connectivity index (χ2v) is 3.25. The first-order valence-electron chi connectivity index (χ1n) is 4.59. The Morgan fingerprint density at radius 1 is 1.35 bits per heavy atom. The Morgan fingerprint density at radius 3 is 2.29 bits per heavy atom. The van der Waals surface area contributed by atoms with Crippen molar-refractivity contribution < 1.29 is 29.1 Å². The van der Waals surface area contributed by atoms with Crippen molar-refractivity contribution in [1.29, 1.82) is 0 Å². The molecule has 94 valence electrons. The van der Waals surface area contributed by atoms with Gasteiger partial charge in [0, 0.05) is 20.2 Å². The van der Waals surface area contributed by atoms with Gasteiger partial charge in [0.1, 0.15) is 7.05 Å². The summed E-state index contributed by atoms with van der Waals surface area (Å²) in [6.45, 7) is 0. The normalized spacial score (nSPS) is 8.65. The molecule has 17 heavy (non-hydrogen) atoms. The summed E-state index contributed by atoms with van der Waals surface area (Å²) in [5.74, 6) is 0.545. The predicted octanol–water partition coefficient (Wildman–Crippen LogP) is 0.794.